The Morgan fingerprint density at radius 2 is 1.43 bits per heavy atom. The number of rotatable bonds is 1. The van der Waals surface area contributed by atoms with Crippen LogP contribution in [0.3, 0.4) is 0 Å². The Morgan fingerprint density at radius 1 is 1.29 bits per heavy atom. The van der Waals surface area contributed by atoms with Crippen molar-refractivity contribution >= 4 is 16.3 Å². The first-order valence-corrected chi connectivity index (χ1v) is 2.79. The second kappa shape index (κ2) is 9.63. The minimum Gasteiger partial charge on any atom is -1.00 e. The molecular weight excluding hydrogens is 113 g/mol. The first-order chi connectivity index (χ1) is 2.27. The van der Waals surface area contributed by atoms with Gasteiger partial charge in [0.2, 0.25) is 0 Å². The second-order valence-corrected chi connectivity index (χ2v) is 2.10. The van der Waals surface area contributed by atoms with Crippen molar-refractivity contribution in [1.29, 1.82) is 0 Å². The molecule has 0 aromatic heterocycles. The summed E-state index contributed by atoms with van der Waals surface area (Å²) in [7, 11) is 0. The van der Waals surface area contributed by atoms with Crippen LogP contribution in [-0.2, 0) is 0 Å². The topological polar surface area (TPSA) is 0 Å². The molecule has 42 valence electrons. The van der Waals surface area contributed by atoms with E-state index in [4.69, 9.17) is 0 Å². The van der Waals surface area contributed by atoms with Crippen LogP contribution in [0.1, 0.15) is 13.8 Å². The molecule has 0 bridgehead atoms. The third-order valence-electron chi connectivity index (χ3n) is 0.471. The molecular formula is C4H9AlF2. The fourth-order valence-corrected chi connectivity index (χ4v) is 0. The summed E-state index contributed by atoms with van der Waals surface area (Å²) in [5.74, 6) is 0.847. The normalized spacial score (nSPS) is 7.00. The van der Waals surface area contributed by atoms with Crippen LogP contribution in [0.2, 0.25) is 5.28 Å². The number of hydrogen-bond acceptors (Lipinski definition) is 0. The van der Waals surface area contributed by atoms with E-state index in [1.165, 1.54) is 5.28 Å². The van der Waals surface area contributed by atoms with E-state index in [-0.39, 0.29) is 9.41 Å². The third kappa shape index (κ3) is 21.5. The van der Waals surface area contributed by atoms with E-state index in [2.05, 4.69) is 30.1 Å². The van der Waals surface area contributed by atoms with Gasteiger partial charge in [-0.15, -0.1) is 0 Å². The molecule has 7 heavy (non-hydrogen) atoms. The van der Waals surface area contributed by atoms with E-state index in [9.17, 15) is 0 Å². The van der Waals surface area contributed by atoms with Crippen LogP contribution in [-0.4, -0.2) is 16.3 Å². The number of halogens is 2. The average Bonchev–Trinajstić information content (AvgIpc) is 1.38. The van der Waals surface area contributed by atoms with Gasteiger partial charge in [-0.05, 0) is 0 Å². The molecule has 0 rings (SSSR count). The van der Waals surface area contributed by atoms with Gasteiger partial charge < -0.3 is 9.41 Å². The Morgan fingerprint density at radius 3 is 1.43 bits per heavy atom. The van der Waals surface area contributed by atoms with Crippen LogP contribution in [0, 0.1) is 5.92 Å². The van der Waals surface area contributed by atoms with Crippen molar-refractivity contribution in [3.63, 3.8) is 0 Å². The predicted molar refractivity (Wildman–Crippen MR) is 25.4 cm³/mol. The summed E-state index contributed by atoms with van der Waals surface area (Å²) in [6.07, 6.45) is 0. The van der Waals surface area contributed by atoms with Gasteiger partial charge in [-0.1, -0.05) is 0 Å². The van der Waals surface area contributed by atoms with Gasteiger partial charge in [0, 0.05) is 0 Å². The maximum absolute atomic E-state index is 2.69. The quantitative estimate of drug-likeness (QED) is 0.306. The largest absolute Gasteiger partial charge is 1.00 e. The fourth-order valence-electron chi connectivity index (χ4n) is 0. The minimum atomic E-state index is 0. The maximum atomic E-state index is 2.69. The summed E-state index contributed by atoms with van der Waals surface area (Å²) >= 11 is 2.69. The molecule has 0 aromatic carbocycles. The minimum absolute atomic E-state index is 0. The smallest absolute Gasteiger partial charge is 1.00 e. The Hall–Kier alpha value is 0.392. The summed E-state index contributed by atoms with van der Waals surface area (Å²) in [6.45, 7) is 4.40. The molecule has 0 saturated heterocycles. The van der Waals surface area contributed by atoms with Crippen molar-refractivity contribution in [3.8, 4) is 0 Å². The summed E-state index contributed by atoms with van der Waals surface area (Å²) in [6, 6.07) is 0. The van der Waals surface area contributed by atoms with E-state index in [0.717, 1.165) is 5.92 Å². The van der Waals surface area contributed by atoms with E-state index in [1.807, 2.05) is 0 Å². The second-order valence-electron chi connectivity index (χ2n) is 1.63. The molecule has 0 aliphatic heterocycles. The summed E-state index contributed by atoms with van der Waals surface area (Å²) in [4.78, 5) is 0. The summed E-state index contributed by atoms with van der Waals surface area (Å²) in [5, 5.41) is 1.22. The zero-order valence-electron chi connectivity index (χ0n) is 4.62. The molecule has 0 N–H and O–H groups in total. The van der Waals surface area contributed by atoms with Crippen LogP contribution in [0.4, 0.5) is 0 Å². The van der Waals surface area contributed by atoms with Gasteiger partial charge in [-0.3, -0.25) is 0 Å². The van der Waals surface area contributed by atoms with Gasteiger partial charge in [-0.25, -0.2) is 0 Å². The molecule has 0 heterocycles. The van der Waals surface area contributed by atoms with Crippen LogP contribution >= 0.6 is 0 Å². The first kappa shape index (κ1) is 15.7. The van der Waals surface area contributed by atoms with Crippen molar-refractivity contribution in [2.75, 3.05) is 0 Å². The molecule has 0 amide bonds. The molecule has 3 heteroatoms. The molecule has 0 fully saturated rings. The van der Waals surface area contributed by atoms with Crippen LogP contribution in [0.5, 0.6) is 0 Å². The standard InChI is InChI=1S/C4H9.Al.2FH/c1-4(2)3;;;/h4H,1H2,2-3H3;;2*1H/q;+2;;/p-2. The molecule has 0 spiro atoms. The van der Waals surface area contributed by atoms with Crippen molar-refractivity contribution in [1.82, 2.24) is 0 Å². The van der Waals surface area contributed by atoms with Gasteiger partial charge >= 0.3 is 41.3 Å². The van der Waals surface area contributed by atoms with Crippen LogP contribution < -0.4 is 9.41 Å². The zero-order valence-corrected chi connectivity index (χ0v) is 5.77. The van der Waals surface area contributed by atoms with Gasteiger partial charge in [0.05, 0.1) is 0 Å². The van der Waals surface area contributed by atoms with Crippen molar-refractivity contribution in [3.05, 3.63) is 0 Å². The van der Waals surface area contributed by atoms with Crippen molar-refractivity contribution in [2.45, 2.75) is 19.1 Å². The first-order valence-electron chi connectivity index (χ1n) is 1.97. The van der Waals surface area contributed by atoms with Gasteiger partial charge in [0.1, 0.15) is 0 Å². The average molecular weight is 122 g/mol. The Balaban J connectivity index is -0.0000000800. The van der Waals surface area contributed by atoms with Gasteiger partial charge in [0.15, 0.2) is 0 Å². The molecule has 0 unspecified atom stereocenters. The third-order valence-corrected chi connectivity index (χ3v) is 1.41. The summed E-state index contributed by atoms with van der Waals surface area (Å²) < 4.78 is 0. The predicted octanol–water partition coefficient (Wildman–Crippen LogP) is -4.76. The van der Waals surface area contributed by atoms with Crippen molar-refractivity contribution in [2.24, 2.45) is 5.92 Å². The monoisotopic (exact) mass is 122 g/mol. The van der Waals surface area contributed by atoms with Gasteiger partial charge in [0.25, 0.3) is 0 Å². The molecule has 0 nitrogen and oxygen atoms in total. The van der Waals surface area contributed by atoms with E-state index in [0.29, 0.717) is 0 Å². The SMILES string of the molecule is CC(C)[CH2][Al+2].[F-].[F-]. The van der Waals surface area contributed by atoms with Crippen LogP contribution in [0.25, 0.3) is 0 Å². The van der Waals surface area contributed by atoms with Crippen LogP contribution in [0.15, 0.2) is 0 Å². The zero-order chi connectivity index (χ0) is 4.28. The molecule has 0 aliphatic rings. The molecule has 0 aliphatic carbocycles. The van der Waals surface area contributed by atoms with E-state index in [1.54, 1.807) is 0 Å². The molecule has 0 aromatic rings. The van der Waals surface area contributed by atoms with E-state index < -0.39 is 0 Å². The Labute approximate surface area is 51.5 Å². The molecule has 0 saturated carbocycles. The number of hydrogen-bond donors (Lipinski definition) is 0. The molecule has 0 atom stereocenters. The van der Waals surface area contributed by atoms with Gasteiger partial charge in [-0.2, -0.15) is 0 Å². The molecule has 0 radical (unpaired) electrons. The maximum Gasteiger partial charge on any atom is -1.00 e. The van der Waals surface area contributed by atoms with E-state index >= 15 is 0 Å². The Bertz CT molecular complexity index is 23.7. The Kier molecular flexibility index (Phi) is 21.5. The van der Waals surface area contributed by atoms with Crippen molar-refractivity contribution < 1.29 is 9.41 Å². The summed E-state index contributed by atoms with van der Waals surface area (Å²) in [5.41, 5.74) is 0. The fraction of sp³-hybridized carbons (Fsp3) is 1.00.